The molecule has 2 aliphatic heterocycles. The van der Waals surface area contributed by atoms with E-state index < -0.39 is 5.97 Å². The van der Waals surface area contributed by atoms with Crippen molar-refractivity contribution < 1.29 is 47.4 Å². The molecule has 2 unspecified atom stereocenters. The van der Waals surface area contributed by atoms with Crippen molar-refractivity contribution in [1.29, 1.82) is 0 Å². The van der Waals surface area contributed by atoms with Gasteiger partial charge in [-0.25, -0.2) is 9.37 Å². The maximum Gasteiger partial charge on any atom is 0.305 e. The summed E-state index contributed by atoms with van der Waals surface area (Å²) in [5.74, 6) is -0.745. The Balaban J connectivity index is 0.999. The van der Waals surface area contributed by atoms with E-state index in [2.05, 4.69) is 74.5 Å². The van der Waals surface area contributed by atoms with Gasteiger partial charge < -0.3 is 44.7 Å². The molecule has 17 nitrogen and oxygen atoms in total. The van der Waals surface area contributed by atoms with Crippen LogP contribution < -0.4 is 21.5 Å². The zero-order valence-electron chi connectivity index (χ0n) is 48.0. The van der Waals surface area contributed by atoms with Gasteiger partial charge in [0, 0.05) is 92.4 Å². The van der Waals surface area contributed by atoms with Gasteiger partial charge in [0.25, 0.3) is 5.56 Å². The molecule has 0 radical (unpaired) electrons. The number of aromatic nitrogens is 3. The molecule has 0 saturated carbocycles. The van der Waals surface area contributed by atoms with E-state index in [-0.39, 0.29) is 95.9 Å². The lowest BCUT2D eigenvalue weighted by Crippen LogP contribution is -2.43. The fourth-order valence-corrected chi connectivity index (χ4v) is 10.3. The Morgan fingerprint density at radius 3 is 2.34 bits per heavy atom. The number of esters is 1. The highest BCUT2D eigenvalue weighted by atomic mass is 19.1. The number of carbonyl (C=O) groups is 4. The highest BCUT2D eigenvalue weighted by molar-refractivity contribution is 5.80. The highest BCUT2D eigenvalue weighted by Gasteiger charge is 2.30. The van der Waals surface area contributed by atoms with E-state index in [1.807, 2.05) is 11.5 Å². The van der Waals surface area contributed by atoms with Gasteiger partial charge in [0.05, 0.1) is 36.7 Å². The molecule has 4 N–H and O–H groups in total. The average Bonchev–Trinajstić information content (AvgIpc) is 3.82. The van der Waals surface area contributed by atoms with E-state index in [1.54, 1.807) is 6.07 Å². The van der Waals surface area contributed by atoms with E-state index in [4.69, 9.17) is 28.8 Å². The van der Waals surface area contributed by atoms with Crippen molar-refractivity contribution in [2.75, 3.05) is 59.1 Å². The maximum absolute atomic E-state index is 13.9. The lowest BCUT2D eigenvalue weighted by molar-refractivity contribution is -0.144. The van der Waals surface area contributed by atoms with Crippen LogP contribution in [0, 0.1) is 18.2 Å². The zero-order valence-corrected chi connectivity index (χ0v) is 48.0. The molecule has 0 spiro atoms. The smallest absolute Gasteiger partial charge is 0.305 e. The molecule has 2 aliphatic rings. The zero-order chi connectivity index (χ0) is 56.0. The van der Waals surface area contributed by atoms with Crippen molar-refractivity contribution in [3.05, 3.63) is 57.1 Å². The molecule has 2 atom stereocenters. The molecular weight excluding hydrogens is 986 g/mol. The first-order chi connectivity index (χ1) is 36.7. The van der Waals surface area contributed by atoms with Gasteiger partial charge in [-0.15, -0.1) is 0 Å². The van der Waals surface area contributed by atoms with Crippen molar-refractivity contribution in [3.8, 4) is 0 Å². The summed E-state index contributed by atoms with van der Waals surface area (Å²) in [4.78, 5) is 70.3. The molecule has 3 aromatic rings. The van der Waals surface area contributed by atoms with Gasteiger partial charge in [0.15, 0.2) is 5.58 Å². The van der Waals surface area contributed by atoms with Crippen LogP contribution in [-0.2, 0) is 46.4 Å². The number of piperidine rings is 1. The van der Waals surface area contributed by atoms with Crippen LogP contribution in [-0.4, -0.2) is 125 Å². The lowest BCUT2D eigenvalue weighted by Gasteiger charge is -2.34. The van der Waals surface area contributed by atoms with E-state index in [1.165, 1.54) is 12.1 Å². The topological polar surface area (TPSA) is 216 Å². The number of benzene rings is 1. The number of hydrogen-bond acceptors (Lipinski definition) is 13. The summed E-state index contributed by atoms with van der Waals surface area (Å²) in [7, 11) is 0. The van der Waals surface area contributed by atoms with E-state index in [9.17, 15) is 28.4 Å². The number of halogens is 1. The lowest BCUT2D eigenvalue weighted by atomic mass is 9.85. The summed E-state index contributed by atoms with van der Waals surface area (Å²) in [6.07, 6.45) is 12.6. The summed E-state index contributed by atoms with van der Waals surface area (Å²) in [6.45, 7) is 23.5. The third kappa shape index (κ3) is 21.4. The van der Waals surface area contributed by atoms with Gasteiger partial charge in [0.1, 0.15) is 11.6 Å². The van der Waals surface area contributed by atoms with Crippen molar-refractivity contribution in [2.24, 2.45) is 5.41 Å². The number of rotatable bonds is 36. The number of unbranched alkanes of at least 4 members (excludes halogenated alkanes) is 1. The summed E-state index contributed by atoms with van der Waals surface area (Å²) in [5.41, 5.74) is 2.47. The first-order valence-electron chi connectivity index (χ1n) is 29.0. The number of ether oxygens (including phenoxy) is 3. The number of aliphatic carboxylic acids is 1. The normalized spacial score (nSPS) is 16.1. The van der Waals surface area contributed by atoms with E-state index >= 15 is 0 Å². The fourth-order valence-electron chi connectivity index (χ4n) is 10.3. The van der Waals surface area contributed by atoms with Crippen LogP contribution in [0.3, 0.4) is 0 Å². The molecule has 5 rings (SSSR count). The van der Waals surface area contributed by atoms with Crippen LogP contribution in [0.15, 0.2) is 27.5 Å². The van der Waals surface area contributed by atoms with Crippen molar-refractivity contribution in [2.45, 2.75) is 219 Å². The Labute approximate surface area is 457 Å². The third-order valence-electron chi connectivity index (χ3n) is 16.1. The van der Waals surface area contributed by atoms with Crippen LogP contribution >= 0.6 is 0 Å². The molecular formula is C59H94FN7O10. The molecule has 0 bridgehead atoms. The first kappa shape index (κ1) is 63.1. The number of likely N-dealkylation sites (tertiary alicyclic amines) is 1. The Kier molecular flexibility index (Phi) is 25.5. The predicted octanol–water partition coefficient (Wildman–Crippen LogP) is 9.44. The summed E-state index contributed by atoms with van der Waals surface area (Å²) < 4.78 is 39.3. The Bertz CT molecular complexity index is 2390. The van der Waals surface area contributed by atoms with Gasteiger partial charge in [-0.05, 0) is 175 Å². The summed E-state index contributed by atoms with van der Waals surface area (Å²) >= 11 is 0. The molecule has 2 aromatic heterocycles. The second-order valence-corrected chi connectivity index (χ2v) is 23.4. The number of carbonyl (C=O) groups excluding carboxylic acids is 3. The number of carboxylic acid groups (broad SMARTS) is 1. The number of hydrogen-bond donors (Lipinski definition) is 4. The van der Waals surface area contributed by atoms with Crippen molar-refractivity contribution >= 4 is 34.7 Å². The Hall–Kier alpha value is -4.78. The molecule has 432 valence electrons. The van der Waals surface area contributed by atoms with Gasteiger partial charge in [-0.3, -0.25) is 28.5 Å². The Morgan fingerprint density at radius 2 is 1.60 bits per heavy atom. The molecule has 2 amide bonds. The average molecular weight is 1080 g/mol. The van der Waals surface area contributed by atoms with E-state index in [0.29, 0.717) is 76.9 Å². The highest BCUT2D eigenvalue weighted by Crippen LogP contribution is 2.34. The Morgan fingerprint density at radius 1 is 0.870 bits per heavy atom. The minimum atomic E-state index is -0.919. The number of nitrogens with one attached hydrogen (secondary N) is 3. The van der Waals surface area contributed by atoms with E-state index in [0.717, 1.165) is 119 Å². The molecule has 1 fully saturated rings. The van der Waals surface area contributed by atoms with Crippen LogP contribution in [0.2, 0.25) is 0 Å². The van der Waals surface area contributed by atoms with Crippen LogP contribution in [0.1, 0.15) is 205 Å². The molecule has 1 saturated heterocycles. The molecule has 0 aliphatic carbocycles. The third-order valence-corrected chi connectivity index (χ3v) is 16.1. The standard InChI is InChI=1S/C59H94FN7O10/c1-9-59(8,10-2)41-76-58(6,7)30-38-75-57(4,5)29-32-61-40-46(19-11-12-31-62-50(68)20-13-22-52(70)71)64-51(69)21-14-23-53(72)74-37-16-18-44-17-15-33-67-55(44)63-42(3)47(56(67)73)28-36-66-34-26-43(27-35-66)54-48-25-24-45(60)39-49(48)77-65-54/h24-25,39,43-44,46,61H,9-23,26-38,40-41H2,1-8H3,(H,62,68)(H,64,69)(H,70,71). The summed E-state index contributed by atoms with van der Waals surface area (Å²) in [6, 6.07) is 4.41. The quantitative estimate of drug-likeness (QED) is 0.0315. The number of carboxylic acids is 1. The monoisotopic (exact) mass is 1080 g/mol. The predicted molar refractivity (Wildman–Crippen MR) is 296 cm³/mol. The minimum absolute atomic E-state index is 0.0410. The largest absolute Gasteiger partial charge is 0.481 e. The van der Waals surface area contributed by atoms with Crippen LogP contribution in [0.5, 0.6) is 0 Å². The number of nitrogens with zero attached hydrogens (tertiary/aromatic N) is 4. The van der Waals surface area contributed by atoms with Gasteiger partial charge >= 0.3 is 11.9 Å². The van der Waals surface area contributed by atoms with Crippen LogP contribution in [0.25, 0.3) is 11.0 Å². The summed E-state index contributed by atoms with van der Waals surface area (Å²) in [5, 5.41) is 23.6. The number of fused-ring (bicyclic) bond motifs is 2. The first-order valence-corrected chi connectivity index (χ1v) is 29.0. The van der Waals surface area contributed by atoms with Crippen molar-refractivity contribution in [3.63, 3.8) is 0 Å². The maximum atomic E-state index is 13.9. The molecule has 4 heterocycles. The SMILES string of the molecule is CCC(C)(CC)COC(C)(C)CCOC(C)(C)CCNCC(CCCCNC(=O)CCCC(=O)O)NC(=O)CCCC(=O)OCCCC1CCCn2c1nc(C)c(CCN1CCC(c3noc4cc(F)ccc34)CC1)c2=O. The fraction of sp³-hybridized carbons (Fsp3) is 0.746. The molecule has 18 heteroatoms. The van der Waals surface area contributed by atoms with Gasteiger partial charge in [-0.2, -0.15) is 0 Å². The molecule has 1 aromatic carbocycles. The van der Waals surface area contributed by atoms with Crippen molar-refractivity contribution in [1.82, 2.24) is 35.6 Å². The van der Waals surface area contributed by atoms with Gasteiger partial charge in [0.2, 0.25) is 11.8 Å². The number of amides is 2. The van der Waals surface area contributed by atoms with Gasteiger partial charge in [-0.1, -0.05) is 25.9 Å². The second kappa shape index (κ2) is 31.1. The minimum Gasteiger partial charge on any atom is -0.481 e. The van der Waals surface area contributed by atoms with Crippen LogP contribution in [0.4, 0.5) is 4.39 Å². The second-order valence-electron chi connectivity index (χ2n) is 23.4. The number of aryl methyl sites for hydroxylation is 1. The molecule has 77 heavy (non-hydrogen) atoms.